The Labute approximate surface area is 145 Å². The normalized spacial score (nSPS) is 15.8. The zero-order chi connectivity index (χ0) is 16.4. The van der Waals surface area contributed by atoms with Crippen molar-refractivity contribution in [3.63, 3.8) is 0 Å². The summed E-state index contributed by atoms with van der Waals surface area (Å²) in [5.74, 6) is 0.852. The van der Waals surface area contributed by atoms with Crippen molar-refractivity contribution in [2.24, 2.45) is 0 Å². The van der Waals surface area contributed by atoms with Gasteiger partial charge < -0.3 is 4.74 Å². The van der Waals surface area contributed by atoms with Gasteiger partial charge in [-0.15, -0.1) is 11.3 Å². The Balaban J connectivity index is 1.54. The van der Waals surface area contributed by atoms with Gasteiger partial charge in [0.2, 0.25) is 0 Å². The maximum atomic E-state index is 12.6. The number of nitrogens with zero attached hydrogens (tertiary/aromatic N) is 1. The number of hydrogen-bond acceptors (Lipinski definition) is 4. The van der Waals surface area contributed by atoms with E-state index >= 15 is 0 Å². The van der Waals surface area contributed by atoms with Gasteiger partial charge in [-0.25, -0.2) is 0 Å². The molecular formula is C20H21NO2S. The van der Waals surface area contributed by atoms with E-state index in [1.54, 1.807) is 11.3 Å². The second kappa shape index (κ2) is 6.91. The molecule has 0 bridgehead atoms. The molecule has 3 nitrogen and oxygen atoms in total. The van der Waals surface area contributed by atoms with Gasteiger partial charge in [-0.05, 0) is 56.3 Å². The highest BCUT2D eigenvalue weighted by atomic mass is 32.1. The number of piperidine rings is 1. The lowest BCUT2D eigenvalue weighted by Crippen LogP contribution is -2.33. The maximum absolute atomic E-state index is 12.6. The minimum absolute atomic E-state index is 0.110. The van der Waals surface area contributed by atoms with E-state index in [0.29, 0.717) is 6.61 Å². The van der Waals surface area contributed by atoms with Crippen molar-refractivity contribution in [3.8, 4) is 5.75 Å². The molecule has 0 saturated carbocycles. The molecule has 0 unspecified atom stereocenters. The van der Waals surface area contributed by atoms with E-state index in [9.17, 15) is 4.79 Å². The Kier molecular flexibility index (Phi) is 4.50. The minimum Gasteiger partial charge on any atom is -0.492 e. The summed E-state index contributed by atoms with van der Waals surface area (Å²) in [4.78, 5) is 15.0. The first-order chi connectivity index (χ1) is 11.8. The molecule has 1 saturated heterocycles. The van der Waals surface area contributed by atoms with E-state index in [0.717, 1.165) is 32.5 Å². The van der Waals surface area contributed by atoms with E-state index in [2.05, 4.69) is 4.90 Å². The highest BCUT2D eigenvalue weighted by molar-refractivity contribution is 7.24. The van der Waals surface area contributed by atoms with Crippen molar-refractivity contribution >= 4 is 31.5 Å². The van der Waals surface area contributed by atoms with Crippen LogP contribution < -0.4 is 10.2 Å². The Hall–Kier alpha value is -1.91. The van der Waals surface area contributed by atoms with Crippen molar-refractivity contribution in [1.29, 1.82) is 0 Å². The monoisotopic (exact) mass is 339 g/mol. The first-order valence-electron chi connectivity index (χ1n) is 8.62. The highest BCUT2D eigenvalue weighted by Gasteiger charge is 2.10. The number of hydrogen-bond donors (Lipinski definition) is 0. The molecule has 4 heteroatoms. The quantitative estimate of drug-likeness (QED) is 0.665. The van der Waals surface area contributed by atoms with Crippen molar-refractivity contribution in [2.75, 3.05) is 26.2 Å². The summed E-state index contributed by atoms with van der Waals surface area (Å²) in [6.45, 7) is 4.06. The molecule has 2 heterocycles. The van der Waals surface area contributed by atoms with Gasteiger partial charge in [0.25, 0.3) is 0 Å². The van der Waals surface area contributed by atoms with Gasteiger partial charge in [0, 0.05) is 26.7 Å². The first kappa shape index (κ1) is 15.6. The molecule has 2 aromatic carbocycles. The van der Waals surface area contributed by atoms with Gasteiger partial charge in [0.1, 0.15) is 12.4 Å². The van der Waals surface area contributed by atoms with Crippen LogP contribution in [0.3, 0.4) is 0 Å². The fourth-order valence-electron chi connectivity index (χ4n) is 3.35. The van der Waals surface area contributed by atoms with E-state index in [4.69, 9.17) is 4.74 Å². The molecular weight excluding hydrogens is 318 g/mol. The van der Waals surface area contributed by atoms with Crippen LogP contribution >= 0.6 is 11.3 Å². The molecule has 0 N–H and O–H groups in total. The summed E-state index contributed by atoms with van der Waals surface area (Å²) in [5, 5.41) is 1.58. The fourth-order valence-corrected chi connectivity index (χ4v) is 4.45. The molecule has 0 amide bonds. The van der Waals surface area contributed by atoms with Gasteiger partial charge in [-0.2, -0.15) is 0 Å². The standard InChI is InChI=1S/C20H21NO2S/c22-20-16-6-2-3-7-18(16)24-19-14-15(8-9-17(19)20)23-13-12-21-10-4-1-5-11-21/h2-3,6-9,14H,1,4-5,10-13H2. The topological polar surface area (TPSA) is 29.5 Å². The van der Waals surface area contributed by atoms with Crippen LogP contribution in [0.25, 0.3) is 20.2 Å². The third-order valence-electron chi connectivity index (χ3n) is 4.67. The van der Waals surface area contributed by atoms with Gasteiger partial charge in [0.15, 0.2) is 5.43 Å². The number of fused-ring (bicyclic) bond motifs is 2. The van der Waals surface area contributed by atoms with Crippen LogP contribution in [-0.4, -0.2) is 31.1 Å². The van der Waals surface area contributed by atoms with E-state index in [-0.39, 0.29) is 5.43 Å². The Morgan fingerprint density at radius 1 is 0.958 bits per heavy atom. The molecule has 124 valence electrons. The largest absolute Gasteiger partial charge is 0.492 e. The third kappa shape index (κ3) is 3.17. The first-order valence-corrected chi connectivity index (χ1v) is 9.44. The lowest BCUT2D eigenvalue weighted by Gasteiger charge is -2.26. The lowest BCUT2D eigenvalue weighted by molar-refractivity contribution is 0.183. The van der Waals surface area contributed by atoms with Crippen LogP contribution in [0, 0.1) is 0 Å². The summed E-state index contributed by atoms with van der Waals surface area (Å²) in [6, 6.07) is 13.6. The lowest BCUT2D eigenvalue weighted by atomic mass is 10.1. The van der Waals surface area contributed by atoms with Crippen LogP contribution in [0.2, 0.25) is 0 Å². The van der Waals surface area contributed by atoms with Gasteiger partial charge in [-0.1, -0.05) is 18.6 Å². The van der Waals surface area contributed by atoms with Crippen LogP contribution in [0.15, 0.2) is 47.3 Å². The second-order valence-electron chi connectivity index (χ2n) is 6.34. The highest BCUT2D eigenvalue weighted by Crippen LogP contribution is 2.27. The van der Waals surface area contributed by atoms with E-state index < -0.39 is 0 Å². The van der Waals surface area contributed by atoms with Crippen LogP contribution in [0.4, 0.5) is 0 Å². The molecule has 24 heavy (non-hydrogen) atoms. The molecule has 1 aliphatic rings. The Morgan fingerprint density at radius 2 is 1.75 bits per heavy atom. The summed E-state index contributed by atoms with van der Waals surface area (Å²) in [7, 11) is 0. The van der Waals surface area contributed by atoms with Crippen LogP contribution in [0.5, 0.6) is 5.75 Å². The fraction of sp³-hybridized carbons (Fsp3) is 0.350. The van der Waals surface area contributed by atoms with Crippen molar-refractivity contribution in [1.82, 2.24) is 4.90 Å². The predicted octanol–water partition coefficient (Wildman–Crippen LogP) is 4.28. The van der Waals surface area contributed by atoms with Gasteiger partial charge >= 0.3 is 0 Å². The van der Waals surface area contributed by atoms with E-state index in [1.807, 2.05) is 42.5 Å². The van der Waals surface area contributed by atoms with Gasteiger partial charge in [-0.3, -0.25) is 9.69 Å². The smallest absolute Gasteiger partial charge is 0.195 e. The number of ether oxygens (including phenoxy) is 1. The van der Waals surface area contributed by atoms with Crippen LogP contribution in [-0.2, 0) is 0 Å². The van der Waals surface area contributed by atoms with Crippen molar-refractivity contribution < 1.29 is 4.74 Å². The minimum atomic E-state index is 0.110. The second-order valence-corrected chi connectivity index (χ2v) is 7.42. The Bertz CT molecular complexity index is 912. The van der Waals surface area contributed by atoms with Gasteiger partial charge in [0.05, 0.1) is 0 Å². The van der Waals surface area contributed by atoms with Crippen molar-refractivity contribution in [2.45, 2.75) is 19.3 Å². The zero-order valence-corrected chi connectivity index (χ0v) is 14.5. The van der Waals surface area contributed by atoms with Crippen LogP contribution in [0.1, 0.15) is 19.3 Å². The summed E-state index contributed by atoms with van der Waals surface area (Å²) >= 11 is 1.65. The molecule has 1 aromatic heterocycles. The predicted molar refractivity (Wildman–Crippen MR) is 101 cm³/mol. The summed E-state index contributed by atoms with van der Waals surface area (Å²) in [5.41, 5.74) is 0.110. The molecule has 0 aliphatic carbocycles. The molecule has 0 atom stereocenters. The molecule has 0 radical (unpaired) electrons. The average molecular weight is 339 g/mol. The Morgan fingerprint density at radius 3 is 2.62 bits per heavy atom. The molecule has 1 aliphatic heterocycles. The maximum Gasteiger partial charge on any atom is 0.195 e. The number of rotatable bonds is 4. The van der Waals surface area contributed by atoms with Crippen molar-refractivity contribution in [3.05, 3.63) is 52.7 Å². The molecule has 4 rings (SSSR count). The summed E-state index contributed by atoms with van der Waals surface area (Å²) in [6.07, 6.45) is 3.96. The molecule has 0 spiro atoms. The van der Waals surface area contributed by atoms with E-state index in [1.165, 1.54) is 32.4 Å². The third-order valence-corrected chi connectivity index (χ3v) is 5.81. The number of likely N-dealkylation sites (tertiary alicyclic amines) is 1. The summed E-state index contributed by atoms with van der Waals surface area (Å²) < 4.78 is 7.95. The molecule has 3 aromatic rings. The number of benzene rings is 2. The SMILES string of the molecule is O=c1c2ccccc2sc2cc(OCCN3CCCCC3)ccc12. The average Bonchev–Trinajstić information content (AvgIpc) is 2.63. The molecule has 1 fully saturated rings. The zero-order valence-electron chi connectivity index (χ0n) is 13.7.